The van der Waals surface area contributed by atoms with Crippen molar-refractivity contribution in [2.75, 3.05) is 6.79 Å². The summed E-state index contributed by atoms with van der Waals surface area (Å²) >= 11 is 3.37. The Morgan fingerprint density at radius 2 is 2.18 bits per heavy atom. The predicted molar refractivity (Wildman–Crippen MR) is 81.9 cm³/mol. The van der Waals surface area contributed by atoms with E-state index in [9.17, 15) is 10.1 Å². The van der Waals surface area contributed by atoms with Gasteiger partial charge in [0.1, 0.15) is 18.1 Å². The van der Waals surface area contributed by atoms with Gasteiger partial charge in [0.05, 0.1) is 11.5 Å². The van der Waals surface area contributed by atoms with Crippen LogP contribution in [-0.2, 0) is 18.0 Å². The highest BCUT2D eigenvalue weighted by molar-refractivity contribution is 9.10. The topological polar surface area (TPSA) is 70.8 Å². The van der Waals surface area contributed by atoms with Gasteiger partial charge in [0.2, 0.25) is 0 Å². The number of halogens is 1. The van der Waals surface area contributed by atoms with E-state index < -0.39 is 4.92 Å². The Bertz CT molecular complexity index is 719. The van der Waals surface area contributed by atoms with Gasteiger partial charge in [-0.2, -0.15) is 0 Å². The second kappa shape index (κ2) is 6.33. The molecule has 0 saturated heterocycles. The number of hydrogen-bond donors (Lipinski definition) is 0. The van der Waals surface area contributed by atoms with Crippen LogP contribution in [0.2, 0.25) is 0 Å². The molecule has 0 saturated carbocycles. The van der Waals surface area contributed by atoms with Crippen LogP contribution in [0.25, 0.3) is 0 Å². The van der Waals surface area contributed by atoms with Crippen molar-refractivity contribution >= 4 is 21.6 Å². The minimum Gasteiger partial charge on any atom is -0.489 e. The maximum atomic E-state index is 11.0. The number of non-ortho nitro benzene ring substituents is 1. The van der Waals surface area contributed by atoms with Gasteiger partial charge in [0.15, 0.2) is 6.79 Å². The maximum Gasteiger partial charge on any atom is 0.270 e. The molecule has 0 aliphatic carbocycles. The summed E-state index contributed by atoms with van der Waals surface area (Å²) in [4.78, 5) is 10.6. The number of fused-ring (bicyclic) bond motifs is 1. The maximum absolute atomic E-state index is 11.0. The Morgan fingerprint density at radius 1 is 1.32 bits per heavy atom. The summed E-state index contributed by atoms with van der Waals surface area (Å²) in [6, 6.07) is 10.3. The molecule has 1 aliphatic heterocycles. The molecule has 0 N–H and O–H groups in total. The van der Waals surface area contributed by atoms with Crippen LogP contribution in [0.15, 0.2) is 40.9 Å². The van der Waals surface area contributed by atoms with E-state index in [1.807, 2.05) is 24.3 Å². The fourth-order valence-electron chi connectivity index (χ4n) is 2.21. The summed E-state index contributed by atoms with van der Waals surface area (Å²) < 4.78 is 17.2. The first-order valence-electron chi connectivity index (χ1n) is 6.52. The van der Waals surface area contributed by atoms with Crippen LogP contribution in [0.3, 0.4) is 0 Å². The summed E-state index contributed by atoms with van der Waals surface area (Å²) in [6.45, 7) is 0.607. The van der Waals surface area contributed by atoms with Crippen LogP contribution < -0.4 is 9.47 Å². The van der Waals surface area contributed by atoms with E-state index in [1.54, 1.807) is 0 Å². The van der Waals surface area contributed by atoms with Gasteiger partial charge in [-0.05, 0) is 18.2 Å². The summed E-state index contributed by atoms with van der Waals surface area (Å²) in [5.74, 6) is 1.27. The minimum atomic E-state index is -0.433. The van der Waals surface area contributed by atoms with Gasteiger partial charge >= 0.3 is 0 Å². The third-order valence-corrected chi connectivity index (χ3v) is 3.67. The van der Waals surface area contributed by atoms with Gasteiger partial charge in [-0.25, -0.2) is 0 Å². The van der Waals surface area contributed by atoms with Crippen LogP contribution >= 0.6 is 15.9 Å². The van der Waals surface area contributed by atoms with E-state index in [2.05, 4.69) is 15.9 Å². The highest BCUT2D eigenvalue weighted by atomic mass is 79.9. The van der Waals surface area contributed by atoms with E-state index >= 15 is 0 Å². The smallest absolute Gasteiger partial charge is 0.270 e. The zero-order chi connectivity index (χ0) is 15.5. The van der Waals surface area contributed by atoms with E-state index in [0.29, 0.717) is 29.2 Å². The van der Waals surface area contributed by atoms with Gasteiger partial charge in [-0.15, -0.1) is 0 Å². The average molecular weight is 366 g/mol. The van der Waals surface area contributed by atoms with Crippen molar-refractivity contribution in [1.29, 1.82) is 0 Å². The Balaban J connectivity index is 1.88. The lowest BCUT2D eigenvalue weighted by Crippen LogP contribution is -2.14. The Kier molecular flexibility index (Phi) is 4.26. The lowest BCUT2D eigenvalue weighted by atomic mass is 10.1. The SMILES string of the molecule is O=[N+]([O-])c1cc2c(c(COc3cccc(Br)c3)c1)OCOC2. The Morgan fingerprint density at radius 3 is 2.95 bits per heavy atom. The molecule has 1 aliphatic rings. The molecule has 0 aromatic heterocycles. The van der Waals surface area contributed by atoms with Crippen molar-refractivity contribution < 1.29 is 19.1 Å². The molecular formula is C15H12BrNO5. The van der Waals surface area contributed by atoms with Gasteiger partial charge in [-0.1, -0.05) is 22.0 Å². The third-order valence-electron chi connectivity index (χ3n) is 3.17. The highest BCUT2D eigenvalue weighted by Gasteiger charge is 2.21. The van der Waals surface area contributed by atoms with E-state index in [1.165, 1.54) is 12.1 Å². The molecule has 0 fully saturated rings. The predicted octanol–water partition coefficient (Wildman–Crippen LogP) is 3.80. The molecule has 0 amide bonds. The number of hydrogen-bond acceptors (Lipinski definition) is 5. The van der Waals surface area contributed by atoms with E-state index in [-0.39, 0.29) is 19.1 Å². The molecule has 7 heteroatoms. The first-order valence-corrected chi connectivity index (χ1v) is 7.32. The van der Waals surface area contributed by atoms with Crippen molar-refractivity contribution in [2.24, 2.45) is 0 Å². The summed E-state index contributed by atoms with van der Waals surface area (Å²) in [6.07, 6.45) is 0. The normalized spacial score (nSPS) is 13.1. The largest absolute Gasteiger partial charge is 0.489 e. The fraction of sp³-hybridized carbons (Fsp3) is 0.200. The lowest BCUT2D eigenvalue weighted by Gasteiger charge is -2.20. The molecule has 0 radical (unpaired) electrons. The number of nitro benzene ring substituents is 1. The molecule has 3 rings (SSSR count). The first kappa shape index (κ1) is 14.8. The standard InChI is InChI=1S/C15H12BrNO5/c16-12-2-1-3-14(6-12)21-8-11-5-13(17(18)19)4-10-7-20-9-22-15(10)11/h1-6H,7-9H2. The van der Waals surface area contributed by atoms with Crippen LogP contribution in [0.4, 0.5) is 5.69 Å². The second-order valence-electron chi connectivity index (χ2n) is 4.71. The summed E-state index contributed by atoms with van der Waals surface area (Å²) in [5, 5.41) is 11.0. The molecule has 6 nitrogen and oxygen atoms in total. The number of rotatable bonds is 4. The number of benzene rings is 2. The third kappa shape index (κ3) is 3.20. The second-order valence-corrected chi connectivity index (χ2v) is 5.62. The molecule has 114 valence electrons. The van der Waals surface area contributed by atoms with Gasteiger partial charge < -0.3 is 14.2 Å². The monoisotopic (exact) mass is 365 g/mol. The molecule has 1 heterocycles. The van der Waals surface area contributed by atoms with Gasteiger partial charge in [0, 0.05) is 27.7 Å². The Labute approximate surface area is 134 Å². The van der Waals surface area contributed by atoms with E-state index in [0.717, 1.165) is 4.47 Å². The van der Waals surface area contributed by atoms with Crippen LogP contribution in [0.5, 0.6) is 11.5 Å². The van der Waals surface area contributed by atoms with Crippen molar-refractivity contribution in [2.45, 2.75) is 13.2 Å². The molecule has 2 aromatic carbocycles. The molecule has 0 spiro atoms. The lowest BCUT2D eigenvalue weighted by molar-refractivity contribution is -0.385. The van der Waals surface area contributed by atoms with Gasteiger partial charge in [-0.3, -0.25) is 10.1 Å². The molecule has 0 unspecified atom stereocenters. The fourth-order valence-corrected chi connectivity index (χ4v) is 2.59. The summed E-state index contributed by atoms with van der Waals surface area (Å²) in [7, 11) is 0. The van der Waals surface area contributed by atoms with Crippen molar-refractivity contribution in [3.05, 3.63) is 62.1 Å². The van der Waals surface area contributed by atoms with Crippen LogP contribution in [0, 0.1) is 10.1 Å². The first-order chi connectivity index (χ1) is 10.6. The molecule has 2 aromatic rings. The van der Waals surface area contributed by atoms with Crippen molar-refractivity contribution in [3.63, 3.8) is 0 Å². The minimum absolute atomic E-state index is 0.000641. The molecule has 0 bridgehead atoms. The zero-order valence-corrected chi connectivity index (χ0v) is 13.0. The van der Waals surface area contributed by atoms with Crippen LogP contribution in [-0.4, -0.2) is 11.7 Å². The number of nitro groups is 1. The molecular weight excluding hydrogens is 354 g/mol. The van der Waals surface area contributed by atoms with E-state index in [4.69, 9.17) is 14.2 Å². The average Bonchev–Trinajstić information content (AvgIpc) is 2.52. The van der Waals surface area contributed by atoms with Gasteiger partial charge in [0.25, 0.3) is 5.69 Å². The highest BCUT2D eigenvalue weighted by Crippen LogP contribution is 2.33. The quantitative estimate of drug-likeness (QED) is 0.608. The van der Waals surface area contributed by atoms with Crippen molar-refractivity contribution in [3.8, 4) is 11.5 Å². The van der Waals surface area contributed by atoms with Crippen LogP contribution in [0.1, 0.15) is 11.1 Å². The van der Waals surface area contributed by atoms with Crippen molar-refractivity contribution in [1.82, 2.24) is 0 Å². The zero-order valence-electron chi connectivity index (χ0n) is 11.5. The Hall–Kier alpha value is -2.12. The summed E-state index contributed by atoms with van der Waals surface area (Å²) in [5.41, 5.74) is 1.29. The molecule has 22 heavy (non-hydrogen) atoms. The number of ether oxygens (including phenoxy) is 3. The molecule has 0 atom stereocenters. The number of nitrogens with zero attached hydrogens (tertiary/aromatic N) is 1.